The maximum atomic E-state index is 12.3. The average Bonchev–Trinajstić information content (AvgIpc) is 2.85. The highest BCUT2D eigenvalue weighted by Crippen LogP contribution is 2.25. The number of carbonyl (C=O) groups excluding carboxylic acids is 2. The molecule has 8 heteroatoms. The molecule has 0 radical (unpaired) electrons. The molecule has 1 saturated heterocycles. The molecule has 0 aromatic heterocycles. The molecule has 0 bridgehead atoms. The summed E-state index contributed by atoms with van der Waals surface area (Å²) in [7, 11) is -3.32. The number of hydrogen-bond acceptors (Lipinski definition) is 5. The highest BCUT2D eigenvalue weighted by atomic mass is 32.2. The molecule has 0 aliphatic carbocycles. The predicted molar refractivity (Wildman–Crippen MR) is 95.0 cm³/mol. The lowest BCUT2D eigenvalue weighted by atomic mass is 10.1. The van der Waals surface area contributed by atoms with Gasteiger partial charge in [-0.05, 0) is 52.3 Å². The Morgan fingerprint density at radius 2 is 1.96 bits per heavy atom. The minimum atomic E-state index is -3.32. The number of rotatable bonds is 4. The molecule has 0 spiro atoms. The van der Waals surface area contributed by atoms with Gasteiger partial charge < -0.3 is 10.1 Å². The van der Waals surface area contributed by atoms with E-state index in [4.69, 9.17) is 4.74 Å². The van der Waals surface area contributed by atoms with E-state index < -0.39 is 27.6 Å². The van der Waals surface area contributed by atoms with Gasteiger partial charge in [0.25, 0.3) is 5.91 Å². The fourth-order valence-electron chi connectivity index (χ4n) is 2.47. The van der Waals surface area contributed by atoms with E-state index >= 15 is 0 Å². The fourth-order valence-corrected chi connectivity index (χ4v) is 4.03. The lowest BCUT2D eigenvalue weighted by Gasteiger charge is -2.23. The minimum absolute atomic E-state index is 0.103. The second kappa shape index (κ2) is 7.03. The molecule has 1 aliphatic rings. The van der Waals surface area contributed by atoms with Crippen LogP contribution in [-0.2, 0) is 19.6 Å². The van der Waals surface area contributed by atoms with Crippen molar-refractivity contribution >= 4 is 27.6 Å². The van der Waals surface area contributed by atoms with E-state index in [9.17, 15) is 18.0 Å². The van der Waals surface area contributed by atoms with Crippen LogP contribution in [0.25, 0.3) is 0 Å². The van der Waals surface area contributed by atoms with Crippen LogP contribution in [0.1, 0.15) is 44.5 Å². The first-order valence-corrected chi connectivity index (χ1v) is 9.74. The van der Waals surface area contributed by atoms with Gasteiger partial charge in [0.2, 0.25) is 10.0 Å². The third kappa shape index (κ3) is 4.94. The standard InChI is InChI=1S/C17H24N2O5S/c1-12(15(20)18-17(2,3)4)24-16(21)13-7-5-8-14(11-13)19-9-6-10-25(19,22)23/h5,7-8,11-12H,6,9-10H2,1-4H3,(H,18,20). The minimum Gasteiger partial charge on any atom is -0.449 e. The summed E-state index contributed by atoms with van der Waals surface area (Å²) < 4.78 is 30.5. The number of esters is 1. The van der Waals surface area contributed by atoms with Gasteiger partial charge in [0, 0.05) is 12.1 Å². The Labute approximate surface area is 148 Å². The second-order valence-corrected chi connectivity index (χ2v) is 9.09. The molecule has 1 atom stereocenters. The molecule has 1 heterocycles. The van der Waals surface area contributed by atoms with Gasteiger partial charge in [-0.2, -0.15) is 0 Å². The molecular weight excluding hydrogens is 344 g/mol. The quantitative estimate of drug-likeness (QED) is 0.817. The molecule has 7 nitrogen and oxygen atoms in total. The summed E-state index contributed by atoms with van der Waals surface area (Å²) in [5.41, 5.74) is 0.204. The van der Waals surface area contributed by atoms with Crippen molar-refractivity contribution < 1.29 is 22.7 Å². The number of benzene rings is 1. The molecule has 1 aliphatic heterocycles. The molecule has 1 unspecified atom stereocenters. The van der Waals surface area contributed by atoms with Gasteiger partial charge in [0.1, 0.15) is 0 Å². The number of carbonyl (C=O) groups is 2. The molecule has 1 aromatic rings. The van der Waals surface area contributed by atoms with E-state index in [0.29, 0.717) is 18.7 Å². The van der Waals surface area contributed by atoms with Crippen LogP contribution in [0.5, 0.6) is 0 Å². The van der Waals surface area contributed by atoms with Crippen molar-refractivity contribution in [3.8, 4) is 0 Å². The van der Waals surface area contributed by atoms with Gasteiger partial charge in [0.05, 0.1) is 17.0 Å². The Kier molecular flexibility index (Phi) is 5.41. The van der Waals surface area contributed by atoms with Crippen molar-refractivity contribution in [2.75, 3.05) is 16.6 Å². The van der Waals surface area contributed by atoms with E-state index in [-0.39, 0.29) is 17.2 Å². The molecular formula is C17H24N2O5S. The molecule has 1 N–H and O–H groups in total. The molecule has 1 aromatic carbocycles. The van der Waals surface area contributed by atoms with Crippen LogP contribution in [0.4, 0.5) is 5.69 Å². The van der Waals surface area contributed by atoms with E-state index in [1.165, 1.54) is 23.4 Å². The zero-order chi connectivity index (χ0) is 18.8. The normalized spacial score (nSPS) is 17.8. The van der Waals surface area contributed by atoms with E-state index in [1.54, 1.807) is 12.1 Å². The molecule has 1 amide bonds. The SMILES string of the molecule is CC(OC(=O)c1cccc(N2CCCS2(=O)=O)c1)C(=O)NC(C)(C)C. The van der Waals surface area contributed by atoms with Crippen LogP contribution >= 0.6 is 0 Å². The van der Waals surface area contributed by atoms with Crippen LogP contribution in [0.3, 0.4) is 0 Å². The monoisotopic (exact) mass is 368 g/mol. The lowest BCUT2D eigenvalue weighted by Crippen LogP contribution is -2.46. The number of amides is 1. The third-order valence-corrected chi connectivity index (χ3v) is 5.49. The van der Waals surface area contributed by atoms with E-state index in [2.05, 4.69) is 5.32 Å². The summed E-state index contributed by atoms with van der Waals surface area (Å²) in [5.74, 6) is -0.958. The Balaban J connectivity index is 2.10. The fraction of sp³-hybridized carbons (Fsp3) is 0.529. The number of ether oxygens (including phenoxy) is 1. The molecule has 1 fully saturated rings. The van der Waals surface area contributed by atoms with Crippen molar-refractivity contribution in [3.63, 3.8) is 0 Å². The summed E-state index contributed by atoms with van der Waals surface area (Å²) in [4.78, 5) is 24.3. The first-order chi connectivity index (χ1) is 11.5. The van der Waals surface area contributed by atoms with Crippen LogP contribution in [-0.4, -0.2) is 44.2 Å². The van der Waals surface area contributed by atoms with Crippen LogP contribution in [0.15, 0.2) is 24.3 Å². The molecule has 0 saturated carbocycles. The molecule has 2 rings (SSSR count). The number of sulfonamides is 1. The van der Waals surface area contributed by atoms with Gasteiger partial charge in [-0.1, -0.05) is 6.07 Å². The molecule has 25 heavy (non-hydrogen) atoms. The summed E-state index contributed by atoms with van der Waals surface area (Å²) in [6, 6.07) is 6.23. The van der Waals surface area contributed by atoms with Crippen LogP contribution in [0, 0.1) is 0 Å². The second-order valence-electron chi connectivity index (χ2n) is 7.08. The third-order valence-electron chi connectivity index (χ3n) is 3.62. The number of hydrogen-bond donors (Lipinski definition) is 1. The Morgan fingerprint density at radius 1 is 1.28 bits per heavy atom. The smallest absolute Gasteiger partial charge is 0.338 e. The highest BCUT2D eigenvalue weighted by molar-refractivity contribution is 7.93. The van der Waals surface area contributed by atoms with Crippen molar-refractivity contribution in [1.29, 1.82) is 0 Å². The Hall–Kier alpha value is -2.09. The summed E-state index contributed by atoms with van der Waals surface area (Å²) in [6.45, 7) is 7.39. The maximum absolute atomic E-state index is 12.3. The first-order valence-electron chi connectivity index (χ1n) is 8.13. The Morgan fingerprint density at radius 3 is 2.52 bits per heavy atom. The van der Waals surface area contributed by atoms with Crippen molar-refractivity contribution in [1.82, 2.24) is 5.32 Å². The average molecular weight is 368 g/mol. The van der Waals surface area contributed by atoms with Gasteiger partial charge in [-0.25, -0.2) is 13.2 Å². The summed E-state index contributed by atoms with van der Waals surface area (Å²) in [5, 5.41) is 2.74. The summed E-state index contributed by atoms with van der Waals surface area (Å²) >= 11 is 0. The lowest BCUT2D eigenvalue weighted by molar-refractivity contribution is -0.130. The van der Waals surface area contributed by atoms with Gasteiger partial charge >= 0.3 is 5.97 Å². The zero-order valence-electron chi connectivity index (χ0n) is 14.9. The maximum Gasteiger partial charge on any atom is 0.338 e. The topological polar surface area (TPSA) is 92.8 Å². The predicted octanol–water partition coefficient (Wildman–Crippen LogP) is 1.69. The van der Waals surface area contributed by atoms with Crippen LogP contribution < -0.4 is 9.62 Å². The highest BCUT2D eigenvalue weighted by Gasteiger charge is 2.29. The van der Waals surface area contributed by atoms with Crippen LogP contribution in [0.2, 0.25) is 0 Å². The van der Waals surface area contributed by atoms with E-state index in [0.717, 1.165) is 0 Å². The largest absolute Gasteiger partial charge is 0.449 e. The van der Waals surface area contributed by atoms with E-state index in [1.807, 2.05) is 20.8 Å². The first kappa shape index (κ1) is 19.2. The Bertz CT molecular complexity index is 767. The van der Waals surface area contributed by atoms with Gasteiger partial charge in [-0.15, -0.1) is 0 Å². The number of anilines is 1. The van der Waals surface area contributed by atoms with Crippen molar-refractivity contribution in [3.05, 3.63) is 29.8 Å². The van der Waals surface area contributed by atoms with Gasteiger partial charge in [0.15, 0.2) is 6.10 Å². The summed E-state index contributed by atoms with van der Waals surface area (Å²) in [6.07, 6.45) is -0.396. The number of nitrogens with zero attached hydrogens (tertiary/aromatic N) is 1. The van der Waals surface area contributed by atoms with Crippen molar-refractivity contribution in [2.24, 2.45) is 0 Å². The molecule has 138 valence electrons. The number of nitrogens with one attached hydrogen (secondary N) is 1. The zero-order valence-corrected chi connectivity index (χ0v) is 15.7. The van der Waals surface area contributed by atoms with Gasteiger partial charge in [-0.3, -0.25) is 9.10 Å². The van der Waals surface area contributed by atoms with Crippen molar-refractivity contribution in [2.45, 2.75) is 45.8 Å².